The number of primary amides is 1. The van der Waals surface area contributed by atoms with Crippen LogP contribution in [0, 0.1) is 11.6 Å². The van der Waals surface area contributed by atoms with Crippen LogP contribution in [-0.2, 0) is 21.6 Å². The number of pyridine rings is 1. The Balaban J connectivity index is 1.34. The van der Waals surface area contributed by atoms with Crippen LogP contribution in [0.2, 0.25) is 0 Å². The predicted molar refractivity (Wildman–Crippen MR) is 175 cm³/mol. The first-order chi connectivity index (χ1) is 23.8. The number of nitrogens with one attached hydrogen (secondary N) is 1. The van der Waals surface area contributed by atoms with Crippen molar-refractivity contribution >= 4 is 22.7 Å². The van der Waals surface area contributed by atoms with Gasteiger partial charge in [-0.25, -0.2) is 22.8 Å². The molecule has 7 rings (SSSR count). The molecule has 1 fully saturated rings. The van der Waals surface area contributed by atoms with Crippen molar-refractivity contribution in [1.29, 1.82) is 0 Å². The summed E-state index contributed by atoms with van der Waals surface area (Å²) in [7, 11) is 2.68. The maximum Gasteiger partial charge on any atom is 0.251 e. The fraction of sp³-hybridized carbons (Fsp3) is 0.278. The Hall–Kier alpha value is -5.63. The average Bonchev–Trinajstić information content (AvgIpc) is 3.55. The number of halogens is 3. The zero-order valence-electron chi connectivity index (χ0n) is 27.2. The monoisotopic (exact) mass is 687 g/mol. The van der Waals surface area contributed by atoms with Gasteiger partial charge in [0, 0.05) is 47.2 Å². The van der Waals surface area contributed by atoms with E-state index in [0.717, 1.165) is 12.1 Å². The summed E-state index contributed by atoms with van der Waals surface area (Å²) < 4.78 is 61.8. The number of nitrogens with zero attached hydrogens (tertiary/aromatic N) is 3. The molecule has 3 aromatic carbocycles. The van der Waals surface area contributed by atoms with Gasteiger partial charge >= 0.3 is 0 Å². The van der Waals surface area contributed by atoms with E-state index in [1.807, 2.05) is 0 Å². The molecule has 4 N–H and O–H groups in total. The van der Waals surface area contributed by atoms with Gasteiger partial charge in [0.25, 0.3) is 5.91 Å². The molecule has 14 heteroatoms. The third-order valence-corrected chi connectivity index (χ3v) is 9.42. The van der Waals surface area contributed by atoms with E-state index in [1.165, 1.54) is 37.2 Å². The Labute approximate surface area is 283 Å². The average molecular weight is 688 g/mol. The zero-order chi connectivity index (χ0) is 35.6. The van der Waals surface area contributed by atoms with Crippen LogP contribution in [0.15, 0.2) is 66.9 Å². The standard InChI is InChI=1S/C36H32F3N5O6/c1-34(33(40)46)18-50-31-23(34)14-28(42-30(31)22-13-24(37)25(38)15-26(22)48-2)36(47,21-7-5-4-6-8-21)17-41-32(45)19-11-20-16-44(35(39)9-10-35)43-29(20)27(12-19)49-3/h4-8,11-16,47H,9-10,17-18H2,1-3H3,(H2,40,46)(H,41,45)/t34-,36+/m0/s1. The molecule has 1 aliphatic carbocycles. The third-order valence-electron chi connectivity index (χ3n) is 9.42. The highest BCUT2D eigenvalue weighted by atomic mass is 19.2. The summed E-state index contributed by atoms with van der Waals surface area (Å²) in [6, 6.07) is 14.5. The fourth-order valence-corrected chi connectivity index (χ4v) is 6.16. The van der Waals surface area contributed by atoms with E-state index in [9.17, 15) is 27.9 Å². The molecule has 0 spiro atoms. The first-order valence-corrected chi connectivity index (χ1v) is 15.7. The second-order valence-electron chi connectivity index (χ2n) is 12.7. The van der Waals surface area contributed by atoms with Crippen molar-refractivity contribution in [3.63, 3.8) is 0 Å². The number of carbonyl (C=O) groups excluding carboxylic acids is 2. The molecular weight excluding hydrogens is 655 g/mol. The summed E-state index contributed by atoms with van der Waals surface area (Å²) in [5.74, 6) is -5.03. The molecule has 11 nitrogen and oxygen atoms in total. The first-order valence-electron chi connectivity index (χ1n) is 15.7. The first kappa shape index (κ1) is 32.9. The number of nitrogens with two attached hydrogens (primary N) is 1. The molecule has 0 bridgehead atoms. The van der Waals surface area contributed by atoms with Crippen LogP contribution in [-0.4, -0.2) is 59.1 Å². The van der Waals surface area contributed by atoms with Crippen molar-refractivity contribution in [2.75, 3.05) is 27.4 Å². The lowest BCUT2D eigenvalue weighted by molar-refractivity contribution is -0.123. The van der Waals surface area contributed by atoms with Gasteiger partial charge in [-0.15, -0.1) is 0 Å². The number of hydrogen-bond donors (Lipinski definition) is 3. The van der Waals surface area contributed by atoms with Crippen molar-refractivity contribution in [2.24, 2.45) is 5.73 Å². The maximum absolute atomic E-state index is 14.8. The number of alkyl halides is 1. The summed E-state index contributed by atoms with van der Waals surface area (Å²) in [6.07, 6.45) is 2.18. The Morgan fingerprint density at radius 1 is 1.06 bits per heavy atom. The van der Waals surface area contributed by atoms with E-state index >= 15 is 0 Å². The molecule has 2 aliphatic rings. The van der Waals surface area contributed by atoms with E-state index in [0.29, 0.717) is 29.3 Å². The van der Waals surface area contributed by atoms with Crippen molar-refractivity contribution in [3.8, 4) is 28.5 Å². The number of aliphatic hydroxyl groups is 1. The molecule has 1 saturated carbocycles. The summed E-state index contributed by atoms with van der Waals surface area (Å²) in [6.45, 7) is 0.921. The van der Waals surface area contributed by atoms with Crippen molar-refractivity contribution in [3.05, 3.63) is 101 Å². The van der Waals surface area contributed by atoms with Crippen LogP contribution >= 0.6 is 0 Å². The van der Waals surface area contributed by atoms with E-state index < -0.39 is 46.8 Å². The normalized spacial score (nSPS) is 18.5. The summed E-state index contributed by atoms with van der Waals surface area (Å²) >= 11 is 0. The van der Waals surface area contributed by atoms with E-state index in [-0.39, 0.29) is 51.9 Å². The third kappa shape index (κ3) is 5.26. The van der Waals surface area contributed by atoms with Gasteiger partial charge < -0.3 is 30.4 Å². The van der Waals surface area contributed by atoms with Crippen LogP contribution in [0.4, 0.5) is 13.2 Å². The Morgan fingerprint density at radius 3 is 2.42 bits per heavy atom. The Bertz CT molecular complexity index is 2190. The van der Waals surface area contributed by atoms with Crippen molar-refractivity contribution in [2.45, 2.75) is 36.6 Å². The van der Waals surface area contributed by atoms with E-state index in [4.69, 9.17) is 24.9 Å². The maximum atomic E-state index is 14.8. The highest BCUT2D eigenvalue weighted by molar-refractivity contribution is 6.00. The highest BCUT2D eigenvalue weighted by Crippen LogP contribution is 2.48. The van der Waals surface area contributed by atoms with Crippen molar-refractivity contribution in [1.82, 2.24) is 20.1 Å². The van der Waals surface area contributed by atoms with Gasteiger partial charge in [0.15, 0.2) is 11.6 Å². The minimum atomic E-state index is -2.07. The minimum Gasteiger partial charge on any atom is -0.496 e. The zero-order valence-corrected chi connectivity index (χ0v) is 27.2. The van der Waals surface area contributed by atoms with E-state index in [2.05, 4.69) is 10.4 Å². The molecule has 0 unspecified atom stereocenters. The molecule has 2 amide bonds. The number of hydrogen-bond acceptors (Lipinski definition) is 8. The minimum absolute atomic E-state index is 0.0140. The summed E-state index contributed by atoms with van der Waals surface area (Å²) in [5, 5.41) is 20.2. The van der Waals surface area contributed by atoms with Gasteiger partial charge in [-0.3, -0.25) is 9.59 Å². The lowest BCUT2D eigenvalue weighted by atomic mass is 9.80. The number of ether oxygens (including phenoxy) is 3. The summed E-state index contributed by atoms with van der Waals surface area (Å²) in [4.78, 5) is 31.2. The second kappa shape index (κ2) is 11.8. The van der Waals surface area contributed by atoms with Crippen LogP contribution in [0.5, 0.6) is 17.2 Å². The van der Waals surface area contributed by atoms with Crippen LogP contribution < -0.4 is 25.3 Å². The molecular formula is C36H32F3N5O6. The molecule has 3 heterocycles. The number of fused-ring (bicyclic) bond motifs is 2. The summed E-state index contributed by atoms with van der Waals surface area (Å²) in [5.41, 5.74) is 3.32. The van der Waals surface area contributed by atoms with Gasteiger partial charge in [0.05, 0.1) is 26.5 Å². The SMILES string of the molecule is COc1cc(F)c(F)cc1-c1nc([C@@](O)(CNC(=O)c2cc(OC)c3nn(C4(F)CC4)cc3c2)c2ccccc2)cc2c1OC[C@]2(C)C(N)=O. The lowest BCUT2D eigenvalue weighted by Crippen LogP contribution is -2.43. The molecule has 1 aliphatic heterocycles. The number of methoxy groups -OCH3 is 2. The largest absolute Gasteiger partial charge is 0.496 e. The quantitative estimate of drug-likeness (QED) is 0.193. The van der Waals surface area contributed by atoms with Crippen LogP contribution in [0.1, 0.15) is 46.9 Å². The molecule has 0 saturated heterocycles. The smallest absolute Gasteiger partial charge is 0.251 e. The van der Waals surface area contributed by atoms with Gasteiger partial charge in [-0.2, -0.15) is 5.10 Å². The Morgan fingerprint density at radius 2 is 1.76 bits per heavy atom. The number of amides is 2. The number of aromatic nitrogens is 3. The molecule has 50 heavy (non-hydrogen) atoms. The molecule has 5 aromatic rings. The Kier molecular flexibility index (Phi) is 7.74. The number of benzene rings is 3. The van der Waals surface area contributed by atoms with Gasteiger partial charge in [-0.05, 0) is 36.8 Å². The van der Waals surface area contributed by atoms with Crippen molar-refractivity contribution < 1.29 is 42.1 Å². The topological polar surface area (TPSA) is 151 Å². The highest BCUT2D eigenvalue weighted by Gasteiger charge is 2.47. The van der Waals surface area contributed by atoms with Gasteiger partial charge in [-0.1, -0.05) is 30.3 Å². The molecule has 2 aromatic heterocycles. The second-order valence-corrected chi connectivity index (χ2v) is 12.7. The number of carbonyl (C=O) groups is 2. The van der Waals surface area contributed by atoms with Crippen LogP contribution in [0.3, 0.4) is 0 Å². The van der Waals surface area contributed by atoms with Gasteiger partial charge in [0.2, 0.25) is 11.7 Å². The predicted octanol–water partition coefficient (Wildman–Crippen LogP) is 4.61. The molecule has 2 atom stereocenters. The molecule has 0 radical (unpaired) electrons. The number of rotatable bonds is 10. The molecule has 258 valence electrons. The van der Waals surface area contributed by atoms with Gasteiger partial charge in [0.1, 0.15) is 46.1 Å². The lowest BCUT2D eigenvalue weighted by Gasteiger charge is -2.30. The fourth-order valence-electron chi connectivity index (χ4n) is 6.16. The van der Waals surface area contributed by atoms with Crippen LogP contribution in [0.25, 0.3) is 22.2 Å². The van der Waals surface area contributed by atoms with E-state index in [1.54, 1.807) is 43.3 Å².